The van der Waals surface area contributed by atoms with Gasteiger partial charge in [-0.15, -0.1) is 0 Å². The van der Waals surface area contributed by atoms with E-state index in [0.29, 0.717) is 6.04 Å². The third-order valence-electron chi connectivity index (χ3n) is 4.82. The molecule has 1 heterocycles. The summed E-state index contributed by atoms with van der Waals surface area (Å²) in [6.07, 6.45) is 14.3. The first kappa shape index (κ1) is 15.6. The number of rotatable bonds is 6. The topological polar surface area (TPSA) is 29.9 Å². The van der Waals surface area contributed by atoms with Crippen molar-refractivity contribution in [3.05, 3.63) is 18.0 Å². The van der Waals surface area contributed by atoms with Crippen LogP contribution in [0.1, 0.15) is 64.0 Å². The van der Waals surface area contributed by atoms with E-state index in [-0.39, 0.29) is 0 Å². The van der Waals surface area contributed by atoms with Crippen LogP contribution in [0.3, 0.4) is 0 Å². The molecule has 0 radical (unpaired) electrons. The van der Waals surface area contributed by atoms with Crippen molar-refractivity contribution in [1.82, 2.24) is 15.1 Å². The van der Waals surface area contributed by atoms with Crippen molar-refractivity contribution >= 4 is 0 Å². The van der Waals surface area contributed by atoms with Crippen molar-refractivity contribution < 1.29 is 0 Å². The summed E-state index contributed by atoms with van der Waals surface area (Å²) < 4.78 is 2.02. The summed E-state index contributed by atoms with van der Waals surface area (Å²) in [5.74, 6) is 0.878. The summed E-state index contributed by atoms with van der Waals surface area (Å²) in [6.45, 7) is 3.33. The Kier molecular flexibility index (Phi) is 6.58. The molecule has 114 valence electrons. The molecule has 1 aromatic heterocycles. The van der Waals surface area contributed by atoms with Gasteiger partial charge in [0.15, 0.2) is 0 Å². The molecule has 0 aliphatic heterocycles. The number of nitrogens with zero attached hydrogens (tertiary/aromatic N) is 2. The highest BCUT2D eigenvalue weighted by Crippen LogP contribution is 2.27. The second kappa shape index (κ2) is 8.46. The molecule has 0 amide bonds. The number of aryl methyl sites for hydroxylation is 2. The van der Waals surface area contributed by atoms with Crippen LogP contribution < -0.4 is 5.32 Å². The van der Waals surface area contributed by atoms with Crippen LogP contribution in [-0.4, -0.2) is 22.4 Å². The van der Waals surface area contributed by atoms with Crippen LogP contribution in [0, 0.1) is 5.92 Å². The maximum Gasteiger partial charge on any atom is 0.0492 e. The zero-order chi connectivity index (χ0) is 14.2. The Labute approximate surface area is 124 Å². The molecule has 1 N–H and O–H groups in total. The lowest BCUT2D eigenvalue weighted by molar-refractivity contribution is 0.275. The Bertz CT molecular complexity index is 364. The highest BCUT2D eigenvalue weighted by atomic mass is 15.2. The molecule has 0 bridgehead atoms. The SMILES string of the molecule is CCNC(CCc1ccnn1C)C1CCCCCCC1. The van der Waals surface area contributed by atoms with Crippen molar-refractivity contribution in [2.45, 2.75) is 70.8 Å². The van der Waals surface area contributed by atoms with Crippen molar-refractivity contribution in [1.29, 1.82) is 0 Å². The standard InChI is InChI=1S/C17H31N3/c1-3-18-17(12-11-16-13-14-19-20(16)2)15-9-7-5-4-6-8-10-15/h13-15,17-18H,3-12H2,1-2H3. The largest absolute Gasteiger partial charge is 0.314 e. The minimum atomic E-state index is 0.688. The van der Waals surface area contributed by atoms with Crippen molar-refractivity contribution in [2.24, 2.45) is 13.0 Å². The zero-order valence-corrected chi connectivity index (χ0v) is 13.3. The quantitative estimate of drug-likeness (QED) is 0.859. The van der Waals surface area contributed by atoms with Gasteiger partial charge in [0.2, 0.25) is 0 Å². The second-order valence-electron chi connectivity index (χ2n) is 6.25. The highest BCUT2D eigenvalue weighted by Gasteiger charge is 2.21. The van der Waals surface area contributed by atoms with Gasteiger partial charge >= 0.3 is 0 Å². The van der Waals surface area contributed by atoms with Gasteiger partial charge < -0.3 is 5.32 Å². The maximum absolute atomic E-state index is 4.28. The van der Waals surface area contributed by atoms with E-state index in [1.54, 1.807) is 0 Å². The first-order valence-electron chi connectivity index (χ1n) is 8.51. The maximum atomic E-state index is 4.28. The van der Waals surface area contributed by atoms with Gasteiger partial charge in [0.25, 0.3) is 0 Å². The van der Waals surface area contributed by atoms with Crippen LogP contribution in [0.2, 0.25) is 0 Å². The smallest absolute Gasteiger partial charge is 0.0492 e. The van der Waals surface area contributed by atoms with Gasteiger partial charge in [-0.1, -0.05) is 39.0 Å². The zero-order valence-electron chi connectivity index (χ0n) is 13.3. The highest BCUT2D eigenvalue weighted by molar-refractivity contribution is 5.00. The van der Waals surface area contributed by atoms with Gasteiger partial charge in [-0.25, -0.2) is 0 Å². The Balaban J connectivity index is 1.89. The molecule has 1 aliphatic rings. The monoisotopic (exact) mass is 277 g/mol. The second-order valence-corrected chi connectivity index (χ2v) is 6.25. The molecule has 3 nitrogen and oxygen atoms in total. The average molecular weight is 277 g/mol. The van der Waals surface area contributed by atoms with E-state index in [2.05, 4.69) is 23.4 Å². The lowest BCUT2D eigenvalue weighted by Crippen LogP contribution is -2.37. The van der Waals surface area contributed by atoms with Crippen LogP contribution in [0.15, 0.2) is 12.3 Å². The molecule has 0 spiro atoms. The third-order valence-corrected chi connectivity index (χ3v) is 4.82. The van der Waals surface area contributed by atoms with Gasteiger partial charge in [0.1, 0.15) is 0 Å². The lowest BCUT2D eigenvalue weighted by atomic mass is 9.84. The summed E-state index contributed by atoms with van der Waals surface area (Å²) in [4.78, 5) is 0. The molecular formula is C17H31N3. The predicted molar refractivity (Wildman–Crippen MR) is 84.8 cm³/mol. The minimum absolute atomic E-state index is 0.688. The molecule has 1 saturated carbocycles. The number of hydrogen-bond acceptors (Lipinski definition) is 2. The summed E-state index contributed by atoms with van der Waals surface area (Å²) in [7, 11) is 2.05. The van der Waals surface area contributed by atoms with Crippen molar-refractivity contribution in [3.8, 4) is 0 Å². The molecule has 20 heavy (non-hydrogen) atoms. The molecular weight excluding hydrogens is 246 g/mol. The van der Waals surface area contributed by atoms with Crippen LogP contribution in [0.5, 0.6) is 0 Å². The van der Waals surface area contributed by atoms with E-state index in [4.69, 9.17) is 0 Å². The summed E-state index contributed by atoms with van der Waals surface area (Å²) in [6, 6.07) is 2.84. The molecule has 1 unspecified atom stereocenters. The van der Waals surface area contributed by atoms with Gasteiger partial charge in [0.05, 0.1) is 0 Å². The third kappa shape index (κ3) is 4.62. The molecule has 2 rings (SSSR count). The van der Waals surface area contributed by atoms with Crippen LogP contribution in [0.25, 0.3) is 0 Å². The van der Waals surface area contributed by atoms with E-state index in [0.717, 1.165) is 18.9 Å². The Hall–Kier alpha value is -0.830. The normalized spacial score (nSPS) is 19.5. The van der Waals surface area contributed by atoms with Gasteiger partial charge in [-0.3, -0.25) is 4.68 Å². The van der Waals surface area contributed by atoms with Gasteiger partial charge in [-0.2, -0.15) is 5.10 Å². The van der Waals surface area contributed by atoms with Crippen LogP contribution >= 0.6 is 0 Å². The van der Waals surface area contributed by atoms with E-state index in [9.17, 15) is 0 Å². The first-order chi connectivity index (χ1) is 9.81. The molecule has 1 atom stereocenters. The Morgan fingerprint density at radius 2 is 1.95 bits per heavy atom. The van der Waals surface area contributed by atoms with Gasteiger partial charge in [-0.05, 0) is 44.2 Å². The average Bonchev–Trinajstić information content (AvgIpc) is 2.80. The number of nitrogens with one attached hydrogen (secondary N) is 1. The Morgan fingerprint density at radius 1 is 1.25 bits per heavy atom. The summed E-state index contributed by atoms with van der Waals surface area (Å²) in [5, 5.41) is 8.03. The van der Waals surface area contributed by atoms with Crippen LogP contribution in [-0.2, 0) is 13.5 Å². The molecule has 1 aliphatic carbocycles. The van der Waals surface area contributed by atoms with Crippen LogP contribution in [0.4, 0.5) is 0 Å². The van der Waals surface area contributed by atoms with Gasteiger partial charge in [0, 0.05) is 25.0 Å². The number of aromatic nitrogens is 2. The van der Waals surface area contributed by atoms with Crippen molar-refractivity contribution in [2.75, 3.05) is 6.54 Å². The fourth-order valence-corrected chi connectivity index (χ4v) is 3.61. The fourth-order valence-electron chi connectivity index (χ4n) is 3.61. The van der Waals surface area contributed by atoms with E-state index in [1.807, 2.05) is 17.9 Å². The minimum Gasteiger partial charge on any atom is -0.314 e. The molecule has 1 aromatic rings. The number of hydrogen-bond donors (Lipinski definition) is 1. The molecule has 1 fully saturated rings. The first-order valence-corrected chi connectivity index (χ1v) is 8.51. The molecule has 0 aromatic carbocycles. The lowest BCUT2D eigenvalue weighted by Gasteiger charge is -2.29. The molecule has 0 saturated heterocycles. The van der Waals surface area contributed by atoms with E-state index >= 15 is 0 Å². The fraction of sp³-hybridized carbons (Fsp3) is 0.824. The van der Waals surface area contributed by atoms with E-state index in [1.165, 1.54) is 57.1 Å². The molecule has 3 heteroatoms. The predicted octanol–water partition coefficient (Wildman–Crippen LogP) is 3.69. The van der Waals surface area contributed by atoms with Crippen molar-refractivity contribution in [3.63, 3.8) is 0 Å². The Morgan fingerprint density at radius 3 is 2.55 bits per heavy atom. The summed E-state index contributed by atoms with van der Waals surface area (Å²) in [5.41, 5.74) is 1.36. The van der Waals surface area contributed by atoms with E-state index < -0.39 is 0 Å². The summed E-state index contributed by atoms with van der Waals surface area (Å²) >= 11 is 0.